The van der Waals surface area contributed by atoms with Gasteiger partial charge in [-0.25, -0.2) is 4.98 Å². The maximum atomic E-state index is 12.8. The molecule has 0 saturated heterocycles. The minimum atomic E-state index is 0.128. The number of rotatable bonds is 7. The fourth-order valence-electron chi connectivity index (χ4n) is 3.07. The Morgan fingerprint density at radius 1 is 1.04 bits per heavy atom. The highest BCUT2D eigenvalue weighted by Gasteiger charge is 2.19. The molecule has 0 aliphatic carbocycles. The Kier molecular flexibility index (Phi) is 6.04. The third-order valence-corrected chi connectivity index (χ3v) is 4.52. The van der Waals surface area contributed by atoms with E-state index in [0.717, 1.165) is 21.9 Å². The van der Waals surface area contributed by atoms with Crippen molar-refractivity contribution >= 4 is 5.91 Å². The first kappa shape index (κ1) is 18.9. The molecule has 0 bridgehead atoms. The molecule has 1 N–H and O–H groups in total. The number of hydrogen-bond acceptors (Lipinski definition) is 2. The van der Waals surface area contributed by atoms with E-state index >= 15 is 0 Å². The van der Waals surface area contributed by atoms with Crippen LogP contribution >= 0.6 is 0 Å². The summed E-state index contributed by atoms with van der Waals surface area (Å²) in [5.41, 5.74) is 3.46. The molecule has 5 heteroatoms. The zero-order valence-electron chi connectivity index (χ0n) is 16.2. The Bertz CT molecular complexity index is 886. The molecule has 0 aliphatic rings. The van der Waals surface area contributed by atoms with Crippen LogP contribution in [0.2, 0.25) is 0 Å². The zero-order valence-corrected chi connectivity index (χ0v) is 16.2. The van der Waals surface area contributed by atoms with Crippen LogP contribution in [0.3, 0.4) is 0 Å². The first-order chi connectivity index (χ1) is 13.0. The lowest BCUT2D eigenvalue weighted by atomic mass is 10.0. The summed E-state index contributed by atoms with van der Waals surface area (Å²) in [5.74, 6) is 1.01. The maximum Gasteiger partial charge on any atom is 0.278 e. The topological polar surface area (TPSA) is 42.6 Å². The lowest BCUT2D eigenvalue weighted by Crippen LogP contribution is -3.07. The van der Waals surface area contributed by atoms with Crippen LogP contribution in [0, 0.1) is 0 Å². The standard InChI is InChI=1S/C22H26N4O/c1-24(2)17-22(27)26(16-21-23-12-13-25(21)3)15-18-8-7-11-20(14-18)19-9-5-4-6-10-19/h4-14H,15-17H2,1-3H3/p+1. The van der Waals surface area contributed by atoms with E-state index in [2.05, 4.69) is 41.4 Å². The predicted octanol–water partition coefficient (Wildman–Crippen LogP) is 1.76. The zero-order chi connectivity index (χ0) is 19.2. The van der Waals surface area contributed by atoms with Crippen molar-refractivity contribution in [3.63, 3.8) is 0 Å². The Hall–Kier alpha value is -2.92. The second kappa shape index (κ2) is 8.64. The molecule has 0 fully saturated rings. The molecule has 27 heavy (non-hydrogen) atoms. The first-order valence-electron chi connectivity index (χ1n) is 9.20. The average molecular weight is 363 g/mol. The van der Waals surface area contributed by atoms with Crippen LogP contribution in [0.25, 0.3) is 11.1 Å². The van der Waals surface area contributed by atoms with E-state index in [9.17, 15) is 4.79 Å². The van der Waals surface area contributed by atoms with Crippen molar-refractivity contribution in [3.8, 4) is 11.1 Å². The summed E-state index contributed by atoms with van der Waals surface area (Å²) in [6.45, 7) is 1.54. The van der Waals surface area contributed by atoms with Gasteiger partial charge in [-0.15, -0.1) is 0 Å². The number of likely N-dealkylation sites (N-methyl/N-ethyl adjacent to an activating group) is 1. The van der Waals surface area contributed by atoms with E-state index in [1.807, 2.05) is 55.0 Å². The maximum absolute atomic E-state index is 12.8. The number of carbonyl (C=O) groups is 1. The number of aromatic nitrogens is 2. The number of quaternary nitrogens is 1. The van der Waals surface area contributed by atoms with Crippen molar-refractivity contribution in [2.24, 2.45) is 7.05 Å². The summed E-state index contributed by atoms with van der Waals surface area (Å²) in [7, 11) is 5.94. The molecule has 0 saturated carbocycles. The normalized spacial score (nSPS) is 11.0. The number of nitrogens with zero attached hydrogens (tertiary/aromatic N) is 3. The van der Waals surface area contributed by atoms with Crippen LogP contribution in [0.5, 0.6) is 0 Å². The number of amides is 1. The van der Waals surface area contributed by atoms with Gasteiger partial charge in [-0.3, -0.25) is 4.79 Å². The molecular weight excluding hydrogens is 336 g/mol. The van der Waals surface area contributed by atoms with Crippen molar-refractivity contribution in [1.29, 1.82) is 0 Å². The lowest BCUT2D eigenvalue weighted by molar-refractivity contribution is -0.849. The number of hydrogen-bond donors (Lipinski definition) is 1. The van der Waals surface area contributed by atoms with Crippen LogP contribution in [0.4, 0.5) is 0 Å². The molecule has 0 spiro atoms. The number of benzene rings is 2. The minimum Gasteiger partial charge on any atom is -0.337 e. The predicted molar refractivity (Wildman–Crippen MR) is 107 cm³/mol. The van der Waals surface area contributed by atoms with Gasteiger partial charge in [0.15, 0.2) is 6.54 Å². The van der Waals surface area contributed by atoms with Gasteiger partial charge in [-0.05, 0) is 22.8 Å². The molecule has 0 unspecified atom stereocenters. The van der Waals surface area contributed by atoms with Crippen LogP contribution in [-0.2, 0) is 24.9 Å². The van der Waals surface area contributed by atoms with Gasteiger partial charge in [0.2, 0.25) is 0 Å². The third-order valence-electron chi connectivity index (χ3n) is 4.52. The molecule has 0 atom stereocenters. The van der Waals surface area contributed by atoms with Gasteiger partial charge >= 0.3 is 0 Å². The van der Waals surface area contributed by atoms with Gasteiger partial charge in [0.25, 0.3) is 5.91 Å². The minimum absolute atomic E-state index is 0.128. The summed E-state index contributed by atoms with van der Waals surface area (Å²) < 4.78 is 1.96. The third kappa shape index (κ3) is 5.05. The van der Waals surface area contributed by atoms with Crippen molar-refractivity contribution in [2.45, 2.75) is 13.1 Å². The van der Waals surface area contributed by atoms with Gasteiger partial charge < -0.3 is 14.4 Å². The highest BCUT2D eigenvalue weighted by molar-refractivity contribution is 5.77. The van der Waals surface area contributed by atoms with E-state index in [1.165, 1.54) is 5.56 Å². The second-order valence-electron chi connectivity index (χ2n) is 7.15. The Morgan fingerprint density at radius 3 is 2.44 bits per heavy atom. The van der Waals surface area contributed by atoms with Crippen LogP contribution in [0.15, 0.2) is 67.0 Å². The molecule has 0 aliphatic heterocycles. The van der Waals surface area contributed by atoms with Gasteiger partial charge in [-0.1, -0.05) is 48.5 Å². The largest absolute Gasteiger partial charge is 0.337 e. The fourth-order valence-corrected chi connectivity index (χ4v) is 3.07. The number of carbonyl (C=O) groups excluding carboxylic acids is 1. The van der Waals surface area contributed by atoms with Gasteiger partial charge in [0, 0.05) is 26.0 Å². The van der Waals surface area contributed by atoms with E-state index in [-0.39, 0.29) is 5.91 Å². The number of nitrogens with one attached hydrogen (secondary N) is 1. The highest BCUT2D eigenvalue weighted by atomic mass is 16.2. The molecule has 140 valence electrons. The molecule has 1 heterocycles. The van der Waals surface area contributed by atoms with Crippen molar-refractivity contribution in [2.75, 3.05) is 20.6 Å². The Balaban J connectivity index is 1.83. The molecule has 3 rings (SSSR count). The van der Waals surface area contributed by atoms with Crippen molar-refractivity contribution in [3.05, 3.63) is 78.4 Å². The molecule has 1 amide bonds. The quantitative estimate of drug-likeness (QED) is 0.695. The van der Waals surface area contributed by atoms with E-state index in [4.69, 9.17) is 0 Å². The SMILES string of the molecule is Cn1ccnc1CN(Cc1cccc(-c2ccccc2)c1)C(=O)C[NH+](C)C. The number of imidazole rings is 1. The monoisotopic (exact) mass is 363 g/mol. The van der Waals surface area contributed by atoms with Crippen LogP contribution < -0.4 is 4.90 Å². The molecule has 0 radical (unpaired) electrons. The Labute approximate surface area is 160 Å². The smallest absolute Gasteiger partial charge is 0.278 e. The van der Waals surface area contributed by atoms with E-state index < -0.39 is 0 Å². The van der Waals surface area contributed by atoms with Crippen molar-refractivity contribution < 1.29 is 9.69 Å². The number of aryl methyl sites for hydroxylation is 1. The highest BCUT2D eigenvalue weighted by Crippen LogP contribution is 2.21. The molecule has 3 aromatic rings. The summed E-state index contributed by atoms with van der Waals surface area (Å²) >= 11 is 0. The molecule has 1 aromatic heterocycles. The summed E-state index contributed by atoms with van der Waals surface area (Å²) in [6, 6.07) is 18.7. The first-order valence-corrected chi connectivity index (χ1v) is 9.20. The Morgan fingerprint density at radius 2 is 1.78 bits per heavy atom. The van der Waals surface area contributed by atoms with E-state index in [0.29, 0.717) is 19.6 Å². The van der Waals surface area contributed by atoms with Crippen LogP contribution in [-0.4, -0.2) is 41.0 Å². The van der Waals surface area contributed by atoms with E-state index in [1.54, 1.807) is 6.20 Å². The average Bonchev–Trinajstić information content (AvgIpc) is 3.06. The summed E-state index contributed by atoms with van der Waals surface area (Å²) in [6.07, 6.45) is 3.68. The lowest BCUT2D eigenvalue weighted by Gasteiger charge is -2.23. The van der Waals surface area contributed by atoms with Crippen molar-refractivity contribution in [1.82, 2.24) is 14.5 Å². The second-order valence-corrected chi connectivity index (χ2v) is 7.15. The van der Waals surface area contributed by atoms with Gasteiger partial charge in [-0.2, -0.15) is 0 Å². The van der Waals surface area contributed by atoms with Gasteiger partial charge in [0.05, 0.1) is 20.6 Å². The molecule has 2 aromatic carbocycles. The molecular formula is C22H27N4O+. The fraction of sp³-hybridized carbons (Fsp3) is 0.273. The van der Waals surface area contributed by atoms with Gasteiger partial charge in [0.1, 0.15) is 5.82 Å². The summed E-state index contributed by atoms with van der Waals surface area (Å²) in [5, 5.41) is 0. The molecule has 5 nitrogen and oxygen atoms in total. The summed E-state index contributed by atoms with van der Waals surface area (Å²) in [4.78, 5) is 20.2. The van der Waals surface area contributed by atoms with Crippen LogP contribution in [0.1, 0.15) is 11.4 Å².